The fraction of sp³-hybridized carbons (Fsp3) is 1.00. The van der Waals surface area contributed by atoms with Crippen molar-refractivity contribution in [1.29, 1.82) is 0 Å². The van der Waals surface area contributed by atoms with Gasteiger partial charge in [-0.15, -0.1) is 0 Å². The van der Waals surface area contributed by atoms with Crippen molar-refractivity contribution >= 4 is 0 Å². The summed E-state index contributed by atoms with van der Waals surface area (Å²) >= 11 is 0. The largest absolute Gasteiger partial charge is 0.393 e. The summed E-state index contributed by atoms with van der Waals surface area (Å²) in [6.07, 6.45) is -0.773. The van der Waals surface area contributed by atoms with Gasteiger partial charge in [-0.1, -0.05) is 0 Å². The third-order valence-electron chi connectivity index (χ3n) is 3.61. The van der Waals surface area contributed by atoms with E-state index in [0.717, 1.165) is 32.5 Å². The minimum Gasteiger partial charge on any atom is -0.313 e. The van der Waals surface area contributed by atoms with Gasteiger partial charge in [-0.2, -0.15) is 13.2 Å². The molecule has 5 heteroatoms. The summed E-state index contributed by atoms with van der Waals surface area (Å²) in [7, 11) is 0. The van der Waals surface area contributed by atoms with Gasteiger partial charge >= 0.3 is 6.18 Å². The van der Waals surface area contributed by atoms with Crippen LogP contribution in [0, 0.1) is 5.92 Å². The second-order valence-corrected chi connectivity index (χ2v) is 4.93. The molecule has 0 bridgehead atoms. The van der Waals surface area contributed by atoms with Gasteiger partial charge in [0.25, 0.3) is 0 Å². The topological polar surface area (TPSA) is 15.3 Å². The average molecular weight is 236 g/mol. The third-order valence-corrected chi connectivity index (χ3v) is 3.61. The van der Waals surface area contributed by atoms with Crippen molar-refractivity contribution in [3.05, 3.63) is 0 Å². The van der Waals surface area contributed by atoms with Crippen LogP contribution in [0.25, 0.3) is 0 Å². The SMILES string of the molecule is FC(F)(F)C1CCCN(C[C@@H]2CCCN2)C1. The van der Waals surface area contributed by atoms with E-state index < -0.39 is 12.1 Å². The number of hydrogen-bond donors (Lipinski definition) is 1. The minimum absolute atomic E-state index is 0.196. The molecule has 0 aromatic heterocycles. The van der Waals surface area contributed by atoms with Crippen LogP contribution < -0.4 is 5.32 Å². The highest BCUT2D eigenvalue weighted by atomic mass is 19.4. The molecule has 1 unspecified atom stereocenters. The highest BCUT2D eigenvalue weighted by Gasteiger charge is 2.41. The smallest absolute Gasteiger partial charge is 0.313 e. The third kappa shape index (κ3) is 3.10. The van der Waals surface area contributed by atoms with Crippen LogP contribution in [-0.4, -0.2) is 43.3 Å². The van der Waals surface area contributed by atoms with Gasteiger partial charge in [-0.25, -0.2) is 0 Å². The molecule has 16 heavy (non-hydrogen) atoms. The summed E-state index contributed by atoms with van der Waals surface area (Å²) < 4.78 is 37.8. The maximum absolute atomic E-state index is 12.6. The Morgan fingerprint density at radius 2 is 2.00 bits per heavy atom. The lowest BCUT2D eigenvalue weighted by molar-refractivity contribution is -0.186. The molecule has 0 aromatic carbocycles. The normalized spacial score (nSPS) is 33.2. The molecule has 0 aliphatic carbocycles. The molecule has 0 spiro atoms. The molecule has 2 nitrogen and oxygen atoms in total. The molecule has 2 heterocycles. The lowest BCUT2D eigenvalue weighted by atomic mass is 9.97. The molecule has 94 valence electrons. The number of nitrogens with one attached hydrogen (secondary N) is 1. The minimum atomic E-state index is -4.01. The van der Waals surface area contributed by atoms with Gasteiger partial charge in [-0.3, -0.25) is 0 Å². The maximum Gasteiger partial charge on any atom is 0.393 e. The first-order chi connectivity index (χ1) is 7.55. The molecule has 2 saturated heterocycles. The molecule has 1 N–H and O–H groups in total. The molecule has 2 rings (SSSR count). The fourth-order valence-electron chi connectivity index (χ4n) is 2.71. The Bertz CT molecular complexity index is 224. The van der Waals surface area contributed by atoms with Gasteiger partial charge < -0.3 is 10.2 Å². The number of alkyl halides is 3. The molecule has 2 fully saturated rings. The predicted molar refractivity (Wildman–Crippen MR) is 56.2 cm³/mol. The van der Waals surface area contributed by atoms with E-state index in [9.17, 15) is 13.2 Å². The van der Waals surface area contributed by atoms with Crippen LogP contribution in [0.4, 0.5) is 13.2 Å². The number of halogens is 3. The Hall–Kier alpha value is -0.290. The van der Waals surface area contributed by atoms with Crippen molar-refractivity contribution in [3.8, 4) is 0 Å². The molecular formula is C11H19F3N2. The van der Waals surface area contributed by atoms with Crippen molar-refractivity contribution in [1.82, 2.24) is 10.2 Å². The second-order valence-electron chi connectivity index (χ2n) is 4.93. The van der Waals surface area contributed by atoms with Gasteiger partial charge in [0.05, 0.1) is 5.92 Å². The Morgan fingerprint density at radius 3 is 2.62 bits per heavy atom. The van der Waals surface area contributed by atoms with E-state index in [2.05, 4.69) is 5.32 Å². The van der Waals surface area contributed by atoms with Crippen molar-refractivity contribution in [2.75, 3.05) is 26.2 Å². The summed E-state index contributed by atoms with van der Waals surface area (Å²) in [5.41, 5.74) is 0. The van der Waals surface area contributed by atoms with Gasteiger partial charge in [0.1, 0.15) is 0 Å². The maximum atomic E-state index is 12.6. The quantitative estimate of drug-likeness (QED) is 0.789. The van der Waals surface area contributed by atoms with Crippen molar-refractivity contribution in [2.45, 2.75) is 37.9 Å². The van der Waals surface area contributed by atoms with Crippen LogP contribution in [0.5, 0.6) is 0 Å². The van der Waals surface area contributed by atoms with Crippen LogP contribution in [-0.2, 0) is 0 Å². The number of rotatable bonds is 2. The molecule has 0 amide bonds. The standard InChI is InChI=1S/C11H19F3N2/c12-11(13,14)9-3-2-6-16(7-9)8-10-4-1-5-15-10/h9-10,15H,1-8H2/t9?,10-/m0/s1. The van der Waals surface area contributed by atoms with Crippen LogP contribution >= 0.6 is 0 Å². The van der Waals surface area contributed by atoms with E-state index in [1.54, 1.807) is 0 Å². The monoisotopic (exact) mass is 236 g/mol. The number of hydrogen-bond acceptors (Lipinski definition) is 2. The second kappa shape index (κ2) is 4.92. The zero-order valence-electron chi connectivity index (χ0n) is 9.39. The Labute approximate surface area is 94.2 Å². The van der Waals surface area contributed by atoms with Crippen LogP contribution in [0.15, 0.2) is 0 Å². The van der Waals surface area contributed by atoms with E-state index in [-0.39, 0.29) is 6.54 Å². The number of nitrogens with zero attached hydrogens (tertiary/aromatic N) is 1. The van der Waals surface area contributed by atoms with Crippen LogP contribution in [0.3, 0.4) is 0 Å². The van der Waals surface area contributed by atoms with Crippen molar-refractivity contribution in [2.24, 2.45) is 5.92 Å². The van der Waals surface area contributed by atoms with Crippen LogP contribution in [0.2, 0.25) is 0 Å². The first kappa shape index (κ1) is 12.2. The van der Waals surface area contributed by atoms with E-state index in [1.165, 1.54) is 0 Å². The Kier molecular flexibility index (Phi) is 3.74. The van der Waals surface area contributed by atoms with E-state index >= 15 is 0 Å². The van der Waals surface area contributed by atoms with Gasteiger partial charge in [0.2, 0.25) is 0 Å². The van der Waals surface area contributed by atoms with E-state index in [0.29, 0.717) is 18.9 Å². The molecule has 0 saturated carbocycles. The summed E-state index contributed by atoms with van der Waals surface area (Å²) in [6, 6.07) is 0.409. The van der Waals surface area contributed by atoms with Gasteiger partial charge in [-0.05, 0) is 38.8 Å². The summed E-state index contributed by atoms with van der Waals surface area (Å²) in [5.74, 6) is -1.11. The van der Waals surface area contributed by atoms with Gasteiger partial charge in [0, 0.05) is 19.1 Å². The summed E-state index contributed by atoms with van der Waals surface area (Å²) in [5, 5.41) is 3.33. The molecular weight excluding hydrogens is 217 g/mol. The Morgan fingerprint density at radius 1 is 1.19 bits per heavy atom. The highest BCUT2D eigenvalue weighted by molar-refractivity contribution is 4.83. The average Bonchev–Trinajstić information content (AvgIpc) is 2.70. The highest BCUT2D eigenvalue weighted by Crippen LogP contribution is 2.33. The number of likely N-dealkylation sites (tertiary alicyclic amines) is 1. The molecule has 0 aromatic rings. The molecule has 2 aliphatic rings. The number of piperidine rings is 1. The van der Waals surface area contributed by atoms with E-state index in [1.807, 2.05) is 4.90 Å². The van der Waals surface area contributed by atoms with E-state index in [4.69, 9.17) is 0 Å². The molecule has 2 aliphatic heterocycles. The zero-order valence-corrected chi connectivity index (χ0v) is 9.39. The first-order valence-electron chi connectivity index (χ1n) is 6.08. The lowest BCUT2D eigenvalue weighted by Gasteiger charge is -2.35. The predicted octanol–water partition coefficient (Wildman–Crippen LogP) is 2.01. The van der Waals surface area contributed by atoms with Crippen molar-refractivity contribution < 1.29 is 13.2 Å². The lowest BCUT2D eigenvalue weighted by Crippen LogP contribution is -2.46. The molecule has 2 atom stereocenters. The summed E-state index contributed by atoms with van der Waals surface area (Å²) in [4.78, 5) is 1.98. The fourth-order valence-corrected chi connectivity index (χ4v) is 2.71. The molecule has 0 radical (unpaired) electrons. The first-order valence-corrected chi connectivity index (χ1v) is 6.08. The summed E-state index contributed by atoms with van der Waals surface area (Å²) in [6.45, 7) is 2.82. The van der Waals surface area contributed by atoms with Crippen LogP contribution in [0.1, 0.15) is 25.7 Å². The zero-order chi connectivity index (χ0) is 11.6. The Balaban J connectivity index is 1.81. The van der Waals surface area contributed by atoms with Crippen molar-refractivity contribution in [3.63, 3.8) is 0 Å². The van der Waals surface area contributed by atoms with Gasteiger partial charge in [0.15, 0.2) is 0 Å².